The van der Waals surface area contributed by atoms with Gasteiger partial charge in [-0.05, 0) is 30.7 Å². The van der Waals surface area contributed by atoms with Crippen molar-refractivity contribution in [3.05, 3.63) is 29.8 Å². The van der Waals surface area contributed by atoms with Crippen LogP contribution < -0.4 is 10.6 Å². The molecule has 1 aromatic rings. The molecule has 0 aliphatic carbocycles. The molecule has 1 rings (SSSR count). The molecule has 1 aromatic carbocycles. The fourth-order valence-electron chi connectivity index (χ4n) is 1.47. The molecule has 94 valence electrons. The van der Waals surface area contributed by atoms with Crippen molar-refractivity contribution in [1.29, 1.82) is 5.41 Å². The molecule has 0 radical (unpaired) electrons. The average Bonchev–Trinajstić information content (AvgIpc) is 2.34. The lowest BCUT2D eigenvalue weighted by Crippen LogP contribution is -2.22. The number of nitrogens with two attached hydrogens (primary N) is 1. The normalized spacial score (nSPS) is 10.2. The number of likely N-dealkylation sites (N-methyl/N-ethyl adjacent to an activating group) is 1. The van der Waals surface area contributed by atoms with Gasteiger partial charge in [-0.25, -0.2) is 0 Å². The summed E-state index contributed by atoms with van der Waals surface area (Å²) in [4.78, 5) is 2.12. The van der Waals surface area contributed by atoms with Gasteiger partial charge in [-0.3, -0.25) is 5.41 Å². The van der Waals surface area contributed by atoms with E-state index in [9.17, 15) is 0 Å². The van der Waals surface area contributed by atoms with E-state index in [4.69, 9.17) is 15.9 Å². The van der Waals surface area contributed by atoms with Crippen LogP contribution in [0.3, 0.4) is 0 Å². The van der Waals surface area contributed by atoms with E-state index in [1.54, 1.807) is 0 Å². The van der Waals surface area contributed by atoms with Crippen LogP contribution in [-0.4, -0.2) is 32.6 Å². The third kappa shape index (κ3) is 4.44. The van der Waals surface area contributed by atoms with Gasteiger partial charge in [0.2, 0.25) is 0 Å². The van der Waals surface area contributed by atoms with E-state index < -0.39 is 0 Å². The van der Waals surface area contributed by atoms with Gasteiger partial charge < -0.3 is 15.4 Å². The summed E-state index contributed by atoms with van der Waals surface area (Å²) in [5.74, 6) is 0.102. The smallest absolute Gasteiger partial charge is 0.122 e. The molecule has 0 atom stereocenters. The molecular weight excluding hydrogens is 214 g/mol. The van der Waals surface area contributed by atoms with Gasteiger partial charge in [0.1, 0.15) is 5.84 Å². The van der Waals surface area contributed by atoms with Gasteiger partial charge in [0.25, 0.3) is 0 Å². The van der Waals surface area contributed by atoms with E-state index in [-0.39, 0.29) is 5.84 Å². The number of benzene rings is 1. The van der Waals surface area contributed by atoms with Gasteiger partial charge in [-0.1, -0.05) is 6.92 Å². The van der Waals surface area contributed by atoms with Crippen LogP contribution in [0.5, 0.6) is 0 Å². The van der Waals surface area contributed by atoms with E-state index in [1.165, 1.54) is 0 Å². The molecule has 0 spiro atoms. The number of anilines is 1. The zero-order valence-electron chi connectivity index (χ0n) is 10.6. The minimum Gasteiger partial charge on any atom is -0.384 e. The molecule has 0 bridgehead atoms. The predicted octanol–water partition coefficient (Wildman–Crippen LogP) is 1.83. The van der Waals surface area contributed by atoms with Gasteiger partial charge in [-0.15, -0.1) is 0 Å². The lowest BCUT2D eigenvalue weighted by molar-refractivity contribution is 0.141. The van der Waals surface area contributed by atoms with Crippen molar-refractivity contribution in [3.63, 3.8) is 0 Å². The summed E-state index contributed by atoms with van der Waals surface area (Å²) in [5, 5.41) is 7.31. The fraction of sp³-hybridized carbons (Fsp3) is 0.462. The largest absolute Gasteiger partial charge is 0.384 e. The monoisotopic (exact) mass is 235 g/mol. The highest BCUT2D eigenvalue weighted by molar-refractivity contribution is 5.95. The molecular formula is C13H21N3O. The summed E-state index contributed by atoms with van der Waals surface area (Å²) >= 11 is 0. The van der Waals surface area contributed by atoms with Crippen LogP contribution in [0.15, 0.2) is 24.3 Å². The van der Waals surface area contributed by atoms with Crippen molar-refractivity contribution in [2.24, 2.45) is 5.73 Å². The first-order valence-corrected chi connectivity index (χ1v) is 5.88. The number of nitrogens with one attached hydrogen (secondary N) is 1. The lowest BCUT2D eigenvalue weighted by atomic mass is 10.2. The Balaban J connectivity index is 2.46. The quantitative estimate of drug-likeness (QED) is 0.430. The van der Waals surface area contributed by atoms with Crippen molar-refractivity contribution < 1.29 is 4.74 Å². The first-order valence-electron chi connectivity index (χ1n) is 5.88. The Morgan fingerprint density at radius 3 is 2.47 bits per heavy atom. The number of hydrogen-bond donors (Lipinski definition) is 2. The second kappa shape index (κ2) is 6.91. The Hall–Kier alpha value is -1.55. The standard InChI is InChI=1S/C13H21N3O/c1-3-9-17-10-8-16(2)12-6-4-11(5-7-12)13(14)15/h4-7H,3,8-10H2,1-2H3,(H3,14,15). The second-order valence-electron chi connectivity index (χ2n) is 3.99. The molecule has 0 fully saturated rings. The molecule has 0 unspecified atom stereocenters. The van der Waals surface area contributed by atoms with Gasteiger partial charge in [0.15, 0.2) is 0 Å². The third-order valence-electron chi connectivity index (χ3n) is 2.54. The molecule has 0 aliphatic heterocycles. The number of rotatable bonds is 7. The van der Waals surface area contributed by atoms with Gasteiger partial charge in [0.05, 0.1) is 6.61 Å². The van der Waals surface area contributed by atoms with Gasteiger partial charge in [0, 0.05) is 31.5 Å². The Morgan fingerprint density at radius 2 is 1.94 bits per heavy atom. The molecule has 0 amide bonds. The zero-order chi connectivity index (χ0) is 12.7. The van der Waals surface area contributed by atoms with Crippen LogP contribution in [0.1, 0.15) is 18.9 Å². The number of nitrogen functional groups attached to an aromatic ring is 1. The number of ether oxygens (including phenoxy) is 1. The Morgan fingerprint density at radius 1 is 1.29 bits per heavy atom. The maximum absolute atomic E-state index is 7.31. The molecule has 17 heavy (non-hydrogen) atoms. The summed E-state index contributed by atoms with van der Waals surface area (Å²) < 4.78 is 5.44. The number of hydrogen-bond acceptors (Lipinski definition) is 3. The van der Waals surface area contributed by atoms with Crippen molar-refractivity contribution in [2.45, 2.75) is 13.3 Å². The summed E-state index contributed by atoms with van der Waals surface area (Å²) in [6.07, 6.45) is 1.05. The van der Waals surface area contributed by atoms with Crippen LogP contribution in [0.25, 0.3) is 0 Å². The SMILES string of the molecule is CCCOCCN(C)c1ccc(C(=N)N)cc1. The lowest BCUT2D eigenvalue weighted by Gasteiger charge is -2.19. The Kier molecular flexibility index (Phi) is 5.49. The van der Waals surface area contributed by atoms with Crippen LogP contribution >= 0.6 is 0 Å². The van der Waals surface area contributed by atoms with Crippen molar-refractivity contribution in [1.82, 2.24) is 0 Å². The topological polar surface area (TPSA) is 62.3 Å². The van der Waals surface area contributed by atoms with Crippen LogP contribution in [-0.2, 0) is 4.74 Å². The fourth-order valence-corrected chi connectivity index (χ4v) is 1.47. The molecule has 4 heteroatoms. The molecule has 3 N–H and O–H groups in total. The molecule has 0 aromatic heterocycles. The van der Waals surface area contributed by atoms with Crippen molar-refractivity contribution >= 4 is 11.5 Å². The molecule has 0 heterocycles. The highest BCUT2D eigenvalue weighted by Crippen LogP contribution is 2.13. The van der Waals surface area contributed by atoms with Gasteiger partial charge in [-0.2, -0.15) is 0 Å². The molecule has 0 aliphatic rings. The van der Waals surface area contributed by atoms with Crippen molar-refractivity contribution in [2.75, 3.05) is 31.7 Å². The summed E-state index contributed by atoms with van der Waals surface area (Å²) in [5.41, 5.74) is 7.26. The highest BCUT2D eigenvalue weighted by Gasteiger charge is 2.01. The molecule has 4 nitrogen and oxygen atoms in total. The van der Waals surface area contributed by atoms with E-state index in [0.29, 0.717) is 0 Å². The molecule has 0 saturated heterocycles. The van der Waals surface area contributed by atoms with E-state index >= 15 is 0 Å². The summed E-state index contributed by atoms with van der Waals surface area (Å²) in [6.45, 7) is 4.51. The summed E-state index contributed by atoms with van der Waals surface area (Å²) in [6, 6.07) is 7.66. The number of amidine groups is 1. The predicted molar refractivity (Wildman–Crippen MR) is 71.8 cm³/mol. The van der Waals surface area contributed by atoms with Crippen LogP contribution in [0, 0.1) is 5.41 Å². The second-order valence-corrected chi connectivity index (χ2v) is 3.99. The summed E-state index contributed by atoms with van der Waals surface area (Å²) in [7, 11) is 2.03. The zero-order valence-corrected chi connectivity index (χ0v) is 10.6. The Bertz CT molecular complexity index is 348. The van der Waals surface area contributed by atoms with E-state index in [2.05, 4.69) is 11.8 Å². The minimum atomic E-state index is 0.102. The van der Waals surface area contributed by atoms with E-state index in [1.807, 2.05) is 31.3 Å². The van der Waals surface area contributed by atoms with Crippen LogP contribution in [0.4, 0.5) is 5.69 Å². The first kappa shape index (κ1) is 13.5. The van der Waals surface area contributed by atoms with Crippen molar-refractivity contribution in [3.8, 4) is 0 Å². The highest BCUT2D eigenvalue weighted by atomic mass is 16.5. The number of nitrogens with zero attached hydrogens (tertiary/aromatic N) is 1. The third-order valence-corrected chi connectivity index (χ3v) is 2.54. The van der Waals surface area contributed by atoms with E-state index in [0.717, 1.165) is 37.4 Å². The van der Waals surface area contributed by atoms with Crippen LogP contribution in [0.2, 0.25) is 0 Å². The maximum atomic E-state index is 7.31. The Labute approximate surface area is 103 Å². The first-order chi connectivity index (χ1) is 8.15. The average molecular weight is 235 g/mol. The molecule has 0 saturated carbocycles. The maximum Gasteiger partial charge on any atom is 0.122 e. The minimum absolute atomic E-state index is 0.102. The van der Waals surface area contributed by atoms with Gasteiger partial charge >= 0.3 is 0 Å².